The second-order valence-corrected chi connectivity index (χ2v) is 4.98. The number of azide groups is 1. The van der Waals surface area contributed by atoms with Crippen molar-refractivity contribution in [1.29, 1.82) is 0 Å². The monoisotopic (exact) mass is 350 g/mol. The zero-order valence-corrected chi connectivity index (χ0v) is 12.9. The number of carbonyl (C=O) groups excluding carboxylic acids is 1. The molecule has 0 bridgehead atoms. The van der Waals surface area contributed by atoms with E-state index >= 15 is 0 Å². The fourth-order valence-electron chi connectivity index (χ4n) is 1.94. The molecule has 21 heavy (non-hydrogen) atoms. The number of nitrogens with zero attached hydrogens (tertiary/aromatic N) is 4. The number of hydrogen-bond donors (Lipinski definition) is 0. The molecule has 0 unspecified atom stereocenters. The van der Waals surface area contributed by atoms with Gasteiger partial charge in [0, 0.05) is 14.8 Å². The Morgan fingerprint density at radius 1 is 1.43 bits per heavy atom. The zero-order chi connectivity index (χ0) is 15.4. The molecule has 0 N–H and O–H groups in total. The lowest BCUT2D eigenvalue weighted by molar-refractivity contribution is 0.0596. The predicted octanol–water partition coefficient (Wildman–Crippen LogP) is 3.60. The maximum Gasteiger partial charge on any atom is 0.343 e. The van der Waals surface area contributed by atoms with Gasteiger partial charge in [0.15, 0.2) is 0 Å². The Bertz CT molecular complexity index is 757. The number of pyridine rings is 1. The Kier molecular flexibility index (Phi) is 4.62. The van der Waals surface area contributed by atoms with E-state index in [-0.39, 0.29) is 18.0 Å². The van der Waals surface area contributed by atoms with Gasteiger partial charge in [-0.05, 0) is 29.3 Å². The summed E-state index contributed by atoms with van der Waals surface area (Å²) < 4.78 is 10.6. The normalized spacial score (nSPS) is 10.0. The highest BCUT2D eigenvalue weighted by atomic mass is 79.9. The van der Waals surface area contributed by atoms with Gasteiger partial charge in [-0.1, -0.05) is 21.0 Å². The number of methoxy groups -OCH3 is 2. The number of esters is 1. The molecule has 0 saturated carbocycles. The fraction of sp³-hybridized carbons (Fsp3) is 0.231. The number of fused-ring (bicyclic) bond motifs is 1. The number of aromatic nitrogens is 1. The summed E-state index contributed by atoms with van der Waals surface area (Å²) in [5, 5.41) is 4.27. The third-order valence-electron chi connectivity index (χ3n) is 2.83. The van der Waals surface area contributed by atoms with Crippen molar-refractivity contribution in [2.24, 2.45) is 5.11 Å². The topological polar surface area (TPSA) is 97.2 Å². The van der Waals surface area contributed by atoms with Gasteiger partial charge in [-0.2, -0.15) is 0 Å². The molecule has 0 radical (unpaired) electrons. The van der Waals surface area contributed by atoms with Gasteiger partial charge in [-0.25, -0.2) is 9.78 Å². The Labute approximate surface area is 128 Å². The van der Waals surface area contributed by atoms with Crippen molar-refractivity contribution < 1.29 is 14.3 Å². The molecule has 1 heterocycles. The molecule has 0 aliphatic rings. The van der Waals surface area contributed by atoms with Gasteiger partial charge in [0.2, 0.25) is 5.88 Å². The maximum atomic E-state index is 11.8. The van der Waals surface area contributed by atoms with Crippen molar-refractivity contribution >= 4 is 32.8 Å². The van der Waals surface area contributed by atoms with Gasteiger partial charge in [-0.15, -0.1) is 0 Å². The Balaban J connectivity index is 2.73. The lowest BCUT2D eigenvalue weighted by Crippen LogP contribution is -2.06. The van der Waals surface area contributed by atoms with Crippen LogP contribution in [0.3, 0.4) is 0 Å². The molecular formula is C13H11BrN4O3. The maximum absolute atomic E-state index is 11.8. The van der Waals surface area contributed by atoms with E-state index < -0.39 is 5.97 Å². The highest BCUT2D eigenvalue weighted by Crippen LogP contribution is 2.28. The van der Waals surface area contributed by atoms with Crippen molar-refractivity contribution in [3.8, 4) is 5.88 Å². The summed E-state index contributed by atoms with van der Waals surface area (Å²) in [5.41, 5.74) is 10.0. The summed E-state index contributed by atoms with van der Waals surface area (Å²) in [6, 6.07) is 5.26. The number of benzene rings is 1. The second kappa shape index (κ2) is 6.43. The van der Waals surface area contributed by atoms with Crippen molar-refractivity contribution in [1.82, 2.24) is 4.98 Å². The lowest BCUT2D eigenvalue weighted by Gasteiger charge is -2.10. The highest BCUT2D eigenvalue weighted by Gasteiger charge is 2.17. The average Bonchev–Trinajstić information content (AvgIpc) is 2.50. The van der Waals surface area contributed by atoms with Crippen LogP contribution in [-0.2, 0) is 11.3 Å². The summed E-state index contributed by atoms with van der Waals surface area (Å²) in [7, 11) is 2.71. The van der Waals surface area contributed by atoms with E-state index in [0.29, 0.717) is 10.9 Å². The van der Waals surface area contributed by atoms with Crippen LogP contribution in [0.5, 0.6) is 5.88 Å². The van der Waals surface area contributed by atoms with Crippen LogP contribution in [0.2, 0.25) is 0 Å². The van der Waals surface area contributed by atoms with Gasteiger partial charge in [0.25, 0.3) is 0 Å². The van der Waals surface area contributed by atoms with E-state index in [1.807, 2.05) is 6.07 Å². The van der Waals surface area contributed by atoms with Crippen LogP contribution in [0.15, 0.2) is 27.8 Å². The molecule has 0 atom stereocenters. The minimum Gasteiger partial charge on any atom is -0.480 e. The molecule has 0 aliphatic heterocycles. The largest absolute Gasteiger partial charge is 0.480 e. The third-order valence-corrected chi connectivity index (χ3v) is 3.29. The van der Waals surface area contributed by atoms with Crippen LogP contribution in [0.25, 0.3) is 21.3 Å². The molecular weight excluding hydrogens is 340 g/mol. The molecule has 0 fully saturated rings. The Morgan fingerprint density at radius 2 is 2.19 bits per heavy atom. The van der Waals surface area contributed by atoms with E-state index in [9.17, 15) is 4.79 Å². The Hall–Kier alpha value is -2.31. The summed E-state index contributed by atoms with van der Waals surface area (Å²) in [6.07, 6.45) is 0. The highest BCUT2D eigenvalue weighted by molar-refractivity contribution is 9.10. The van der Waals surface area contributed by atoms with Crippen molar-refractivity contribution in [2.45, 2.75) is 6.54 Å². The number of halogens is 1. The van der Waals surface area contributed by atoms with Gasteiger partial charge in [-0.3, -0.25) is 0 Å². The number of carbonyl (C=O) groups is 1. The van der Waals surface area contributed by atoms with E-state index in [0.717, 1.165) is 10.0 Å². The summed E-state index contributed by atoms with van der Waals surface area (Å²) in [6.45, 7) is 0.153. The molecule has 0 amide bonds. The Morgan fingerprint density at radius 3 is 2.81 bits per heavy atom. The van der Waals surface area contributed by atoms with Crippen molar-refractivity contribution in [3.63, 3.8) is 0 Å². The zero-order valence-electron chi connectivity index (χ0n) is 11.3. The molecule has 0 saturated heterocycles. The first-order valence-electron chi connectivity index (χ1n) is 5.87. The van der Waals surface area contributed by atoms with E-state index in [1.54, 1.807) is 12.1 Å². The average molecular weight is 351 g/mol. The van der Waals surface area contributed by atoms with E-state index in [4.69, 9.17) is 15.0 Å². The molecule has 2 aromatic rings. The number of ether oxygens (including phenoxy) is 2. The third kappa shape index (κ3) is 3.07. The van der Waals surface area contributed by atoms with Gasteiger partial charge >= 0.3 is 5.97 Å². The minimum absolute atomic E-state index is 0.153. The van der Waals surface area contributed by atoms with E-state index in [1.165, 1.54) is 14.2 Å². The molecule has 108 valence electrons. The molecule has 2 rings (SSSR count). The molecule has 1 aromatic heterocycles. The smallest absolute Gasteiger partial charge is 0.343 e. The summed E-state index contributed by atoms with van der Waals surface area (Å²) in [4.78, 5) is 18.8. The van der Waals surface area contributed by atoms with Gasteiger partial charge in [0.05, 0.1) is 26.3 Å². The second-order valence-electron chi connectivity index (χ2n) is 4.06. The first-order chi connectivity index (χ1) is 10.1. The molecule has 7 nitrogen and oxygen atoms in total. The van der Waals surface area contributed by atoms with Gasteiger partial charge < -0.3 is 9.47 Å². The summed E-state index contributed by atoms with van der Waals surface area (Å²) >= 11 is 3.38. The standard InChI is InChI=1S/C13H11BrN4O3/c1-20-12-10(13(19)21-2)5-7-3-9(14)4-8(6-16-18-15)11(7)17-12/h3-5H,6H2,1-2H3. The lowest BCUT2D eigenvalue weighted by atomic mass is 10.1. The first-order valence-corrected chi connectivity index (χ1v) is 6.66. The van der Waals surface area contributed by atoms with Crippen LogP contribution in [0.4, 0.5) is 0 Å². The van der Waals surface area contributed by atoms with E-state index in [2.05, 4.69) is 30.9 Å². The van der Waals surface area contributed by atoms with Crippen LogP contribution in [-0.4, -0.2) is 25.2 Å². The molecule has 1 aromatic carbocycles. The number of hydrogen-bond acceptors (Lipinski definition) is 5. The van der Waals surface area contributed by atoms with Crippen molar-refractivity contribution in [3.05, 3.63) is 44.2 Å². The van der Waals surface area contributed by atoms with Crippen LogP contribution < -0.4 is 4.74 Å². The minimum atomic E-state index is -0.530. The first kappa shape index (κ1) is 15.1. The van der Waals surface area contributed by atoms with Gasteiger partial charge in [0.1, 0.15) is 5.56 Å². The van der Waals surface area contributed by atoms with Crippen LogP contribution in [0, 0.1) is 0 Å². The predicted molar refractivity (Wildman–Crippen MR) is 80.2 cm³/mol. The number of rotatable bonds is 4. The SMILES string of the molecule is COC(=O)c1cc2cc(Br)cc(CN=[N+]=[N-])c2nc1OC. The molecule has 8 heteroatoms. The summed E-state index contributed by atoms with van der Waals surface area (Å²) in [5.74, 6) is -0.364. The van der Waals surface area contributed by atoms with Crippen LogP contribution >= 0.6 is 15.9 Å². The van der Waals surface area contributed by atoms with Crippen LogP contribution in [0.1, 0.15) is 15.9 Å². The quantitative estimate of drug-likeness (QED) is 0.364. The molecule has 0 spiro atoms. The molecule has 0 aliphatic carbocycles. The van der Waals surface area contributed by atoms with Crippen molar-refractivity contribution in [2.75, 3.05) is 14.2 Å². The fourth-order valence-corrected chi connectivity index (χ4v) is 2.47.